The lowest BCUT2D eigenvalue weighted by atomic mass is 10.1. The van der Waals surface area contributed by atoms with Crippen molar-refractivity contribution in [2.75, 3.05) is 16.8 Å². The zero-order valence-corrected chi connectivity index (χ0v) is 15.8. The van der Waals surface area contributed by atoms with E-state index in [0.717, 1.165) is 16.8 Å². The number of carbonyl (C=O) groups is 2. The summed E-state index contributed by atoms with van der Waals surface area (Å²) in [5, 5.41) is 3.43. The fourth-order valence-corrected chi connectivity index (χ4v) is 2.69. The molecule has 4 nitrogen and oxygen atoms in total. The van der Waals surface area contributed by atoms with Crippen molar-refractivity contribution in [3.63, 3.8) is 0 Å². The van der Waals surface area contributed by atoms with Gasteiger partial charge in [-0.25, -0.2) is 0 Å². The van der Waals surface area contributed by atoms with Gasteiger partial charge in [0.25, 0.3) is 0 Å². The molecule has 0 heterocycles. The number of amides is 2. The van der Waals surface area contributed by atoms with Crippen molar-refractivity contribution in [3.05, 3.63) is 58.1 Å². The van der Waals surface area contributed by atoms with Crippen LogP contribution in [0.15, 0.2) is 36.4 Å². The highest BCUT2D eigenvalue weighted by molar-refractivity contribution is 6.31. The van der Waals surface area contributed by atoms with Gasteiger partial charge in [-0.05, 0) is 61.7 Å². The van der Waals surface area contributed by atoms with E-state index in [2.05, 4.69) is 5.32 Å². The number of hydrogen-bond acceptors (Lipinski definition) is 2. The maximum Gasteiger partial charge on any atom is 0.226 e. The molecule has 0 aliphatic heterocycles. The van der Waals surface area contributed by atoms with E-state index in [1.807, 2.05) is 45.0 Å². The molecule has 0 aliphatic rings. The number of anilines is 2. The van der Waals surface area contributed by atoms with Crippen LogP contribution in [0.1, 0.15) is 30.0 Å². The lowest BCUT2D eigenvalue weighted by molar-refractivity contribution is -0.117. The number of benzene rings is 2. The molecule has 0 saturated heterocycles. The van der Waals surface area contributed by atoms with Crippen LogP contribution in [0.5, 0.6) is 0 Å². The second-order valence-electron chi connectivity index (χ2n) is 6.20. The van der Waals surface area contributed by atoms with E-state index in [4.69, 9.17) is 11.6 Å². The lowest BCUT2D eigenvalue weighted by Crippen LogP contribution is -2.32. The Bertz CT molecular complexity index is 802. The van der Waals surface area contributed by atoms with Gasteiger partial charge in [-0.2, -0.15) is 0 Å². The van der Waals surface area contributed by atoms with Gasteiger partial charge >= 0.3 is 0 Å². The van der Waals surface area contributed by atoms with Crippen LogP contribution < -0.4 is 10.2 Å². The number of aryl methyl sites for hydroxylation is 3. The van der Waals surface area contributed by atoms with Gasteiger partial charge in [-0.3, -0.25) is 9.59 Å². The van der Waals surface area contributed by atoms with Crippen molar-refractivity contribution in [2.45, 2.75) is 34.1 Å². The average molecular weight is 359 g/mol. The summed E-state index contributed by atoms with van der Waals surface area (Å²) in [6.07, 6.45) is 0.207. The van der Waals surface area contributed by atoms with Gasteiger partial charge in [-0.15, -0.1) is 0 Å². The van der Waals surface area contributed by atoms with Gasteiger partial charge in [0, 0.05) is 36.3 Å². The molecular formula is C20H23ClN2O2. The van der Waals surface area contributed by atoms with E-state index in [1.165, 1.54) is 12.5 Å². The fourth-order valence-electron chi connectivity index (χ4n) is 2.52. The normalized spacial score (nSPS) is 10.4. The highest BCUT2D eigenvalue weighted by Gasteiger charge is 2.14. The van der Waals surface area contributed by atoms with Crippen molar-refractivity contribution in [3.8, 4) is 0 Å². The van der Waals surface area contributed by atoms with E-state index >= 15 is 0 Å². The van der Waals surface area contributed by atoms with Crippen molar-refractivity contribution in [1.82, 2.24) is 0 Å². The van der Waals surface area contributed by atoms with E-state index in [1.54, 1.807) is 17.0 Å². The van der Waals surface area contributed by atoms with Crippen LogP contribution in [0, 0.1) is 20.8 Å². The maximum atomic E-state index is 12.3. The minimum atomic E-state index is -0.152. The fraction of sp³-hybridized carbons (Fsp3) is 0.300. The average Bonchev–Trinajstić information content (AvgIpc) is 2.54. The Balaban J connectivity index is 2.05. The van der Waals surface area contributed by atoms with Crippen molar-refractivity contribution in [2.24, 2.45) is 0 Å². The zero-order chi connectivity index (χ0) is 18.6. The monoisotopic (exact) mass is 358 g/mol. The Labute approximate surface area is 153 Å². The topological polar surface area (TPSA) is 49.4 Å². The number of carbonyl (C=O) groups excluding carboxylic acids is 2. The molecular weight excluding hydrogens is 336 g/mol. The maximum absolute atomic E-state index is 12.3. The Hall–Kier alpha value is -2.33. The second-order valence-corrected chi connectivity index (χ2v) is 6.63. The molecule has 132 valence electrons. The molecule has 0 radical (unpaired) electrons. The van der Waals surface area contributed by atoms with Gasteiger partial charge < -0.3 is 10.2 Å². The van der Waals surface area contributed by atoms with E-state index in [0.29, 0.717) is 17.3 Å². The lowest BCUT2D eigenvalue weighted by Gasteiger charge is -2.22. The third-order valence-electron chi connectivity index (χ3n) is 4.22. The van der Waals surface area contributed by atoms with Gasteiger partial charge in [0.15, 0.2) is 0 Å². The van der Waals surface area contributed by atoms with Crippen molar-refractivity contribution in [1.29, 1.82) is 0 Å². The Morgan fingerprint density at radius 2 is 1.68 bits per heavy atom. The molecule has 0 unspecified atom stereocenters. The largest absolute Gasteiger partial charge is 0.326 e. The predicted octanol–water partition coefficient (Wildman–Crippen LogP) is 4.65. The molecule has 2 aromatic rings. The smallest absolute Gasteiger partial charge is 0.226 e. The molecule has 2 aromatic carbocycles. The molecule has 2 rings (SSSR count). The Morgan fingerprint density at radius 1 is 1.00 bits per heavy atom. The van der Waals surface area contributed by atoms with Crippen molar-refractivity contribution < 1.29 is 9.59 Å². The number of nitrogens with one attached hydrogen (secondary N) is 1. The summed E-state index contributed by atoms with van der Waals surface area (Å²) in [6.45, 7) is 7.77. The molecule has 0 aromatic heterocycles. The van der Waals surface area contributed by atoms with Gasteiger partial charge in [0.05, 0.1) is 0 Å². The summed E-state index contributed by atoms with van der Waals surface area (Å²) in [4.78, 5) is 25.9. The van der Waals surface area contributed by atoms with Crippen LogP contribution >= 0.6 is 11.6 Å². The minimum absolute atomic E-state index is 0.0880. The van der Waals surface area contributed by atoms with Crippen LogP contribution in [0.25, 0.3) is 0 Å². The first-order chi connectivity index (χ1) is 11.8. The molecule has 0 bridgehead atoms. The third-order valence-corrected chi connectivity index (χ3v) is 4.45. The van der Waals surface area contributed by atoms with E-state index < -0.39 is 0 Å². The summed E-state index contributed by atoms with van der Waals surface area (Å²) in [6, 6.07) is 11.2. The standard InChI is InChI=1S/C20H23ClN2O2/c1-13-6-8-18(11-15(13)3)23(16(4)24)10-9-20(25)22-19-12-17(21)7-5-14(19)2/h5-8,11-12H,9-10H2,1-4H3,(H,22,25). The quantitative estimate of drug-likeness (QED) is 0.845. The molecule has 0 aliphatic carbocycles. The zero-order valence-electron chi connectivity index (χ0n) is 15.0. The highest BCUT2D eigenvalue weighted by atomic mass is 35.5. The molecule has 0 fully saturated rings. The SMILES string of the molecule is CC(=O)N(CCC(=O)Nc1cc(Cl)ccc1C)c1ccc(C)c(C)c1. The van der Waals surface area contributed by atoms with Crippen LogP contribution in [0.3, 0.4) is 0 Å². The molecule has 5 heteroatoms. The number of hydrogen-bond donors (Lipinski definition) is 1. The van der Waals surface area contributed by atoms with Gasteiger partial charge in [0.2, 0.25) is 11.8 Å². The van der Waals surface area contributed by atoms with Crippen LogP contribution in [-0.4, -0.2) is 18.4 Å². The van der Waals surface area contributed by atoms with Crippen LogP contribution in [0.2, 0.25) is 5.02 Å². The molecule has 25 heavy (non-hydrogen) atoms. The van der Waals surface area contributed by atoms with Gasteiger partial charge in [-0.1, -0.05) is 23.7 Å². The highest BCUT2D eigenvalue weighted by Crippen LogP contribution is 2.21. The first-order valence-corrected chi connectivity index (χ1v) is 8.57. The van der Waals surface area contributed by atoms with Crippen molar-refractivity contribution >= 4 is 34.8 Å². The first kappa shape index (κ1) is 19.0. The Morgan fingerprint density at radius 3 is 2.32 bits per heavy atom. The van der Waals surface area contributed by atoms with E-state index in [-0.39, 0.29) is 18.2 Å². The minimum Gasteiger partial charge on any atom is -0.326 e. The Kier molecular flexibility index (Phi) is 6.21. The summed E-state index contributed by atoms with van der Waals surface area (Å²) in [5.41, 5.74) is 4.72. The molecule has 2 amide bonds. The van der Waals surface area contributed by atoms with Crippen LogP contribution in [0.4, 0.5) is 11.4 Å². The summed E-state index contributed by atoms with van der Waals surface area (Å²) in [7, 11) is 0. The van der Waals surface area contributed by atoms with Crippen LogP contribution in [-0.2, 0) is 9.59 Å². The predicted molar refractivity (Wildman–Crippen MR) is 103 cm³/mol. The number of nitrogens with zero attached hydrogens (tertiary/aromatic N) is 1. The summed E-state index contributed by atoms with van der Waals surface area (Å²) in [5.74, 6) is -0.240. The summed E-state index contributed by atoms with van der Waals surface area (Å²) < 4.78 is 0. The molecule has 0 spiro atoms. The van der Waals surface area contributed by atoms with Gasteiger partial charge in [0.1, 0.15) is 0 Å². The number of halogens is 1. The molecule has 0 atom stereocenters. The second kappa shape index (κ2) is 8.17. The third kappa shape index (κ3) is 5.07. The summed E-state index contributed by atoms with van der Waals surface area (Å²) >= 11 is 5.97. The van der Waals surface area contributed by atoms with E-state index in [9.17, 15) is 9.59 Å². The molecule has 1 N–H and O–H groups in total. The first-order valence-electron chi connectivity index (χ1n) is 8.19. The number of rotatable bonds is 5. The molecule has 0 saturated carbocycles.